The Hall–Kier alpha value is -9.28. The lowest BCUT2D eigenvalue weighted by atomic mass is 10.0. The van der Waals surface area contributed by atoms with E-state index in [4.69, 9.17) is 15.0 Å². The number of para-hydroxylation sites is 6. The first-order valence-electron chi connectivity index (χ1n) is 22.2. The molecule has 0 spiro atoms. The van der Waals surface area contributed by atoms with Crippen LogP contribution in [0.4, 0.5) is 17.1 Å². The van der Waals surface area contributed by atoms with Gasteiger partial charge >= 0.3 is 0 Å². The molecule has 0 radical (unpaired) electrons. The normalized spacial score (nSPS) is 12.0. The zero-order valence-corrected chi connectivity index (χ0v) is 36.9. The van der Waals surface area contributed by atoms with Gasteiger partial charge in [0.05, 0.1) is 73.8 Å². The summed E-state index contributed by atoms with van der Waals surface area (Å²) >= 11 is 1.78. The first-order valence-corrected chi connectivity index (χ1v) is 23.0. The van der Waals surface area contributed by atoms with Crippen LogP contribution in [0.15, 0.2) is 216 Å². The average molecular weight is 887 g/mol. The van der Waals surface area contributed by atoms with Crippen LogP contribution in [0.3, 0.4) is 0 Å². The molecular formula is C59H34N8S. The highest BCUT2D eigenvalue weighted by Crippen LogP contribution is 2.55. The van der Waals surface area contributed by atoms with Gasteiger partial charge in [0.25, 0.3) is 0 Å². The second-order valence-electron chi connectivity index (χ2n) is 16.7. The molecule has 0 aliphatic carbocycles. The monoisotopic (exact) mass is 886 g/mol. The fourth-order valence-corrected chi connectivity index (χ4v) is 10.8. The molecule has 1 aliphatic heterocycles. The Balaban J connectivity index is 1.22. The molecule has 9 aromatic carbocycles. The highest BCUT2D eigenvalue weighted by molar-refractivity contribution is 7.99. The Morgan fingerprint density at radius 1 is 0.353 bits per heavy atom. The van der Waals surface area contributed by atoms with E-state index in [2.05, 4.69) is 184 Å². The summed E-state index contributed by atoms with van der Waals surface area (Å²) < 4.78 is 4.80. The minimum atomic E-state index is 0.454. The zero-order chi connectivity index (χ0) is 45.3. The summed E-state index contributed by atoms with van der Waals surface area (Å²) in [5.41, 5.74) is 12.5. The summed E-state index contributed by atoms with van der Waals surface area (Å²) in [4.78, 5) is 20.4. The van der Waals surface area contributed by atoms with Crippen LogP contribution in [-0.2, 0) is 0 Å². The molecule has 3 aromatic heterocycles. The number of fused-ring (bicyclic) bond motifs is 8. The fraction of sp³-hybridized carbons (Fsp3) is 0. The van der Waals surface area contributed by atoms with E-state index < -0.39 is 0 Å². The number of nitrogens with zero attached hydrogens (tertiary/aromatic N) is 8. The minimum absolute atomic E-state index is 0.454. The number of aromatic nitrogens is 5. The average Bonchev–Trinajstić information content (AvgIpc) is 3.93. The first-order chi connectivity index (χ1) is 33.6. The third-order valence-corrected chi connectivity index (χ3v) is 13.9. The van der Waals surface area contributed by atoms with Crippen molar-refractivity contribution in [2.24, 2.45) is 0 Å². The molecule has 0 atom stereocenters. The van der Waals surface area contributed by atoms with Crippen LogP contribution >= 0.6 is 11.8 Å². The van der Waals surface area contributed by atoms with Gasteiger partial charge in [-0.3, -0.25) is 0 Å². The standard InChI is InChI=1S/C59H34N8S/c60-35-37-25-29-39(30-26-37)57-62-58(40-31-27-38(36-61)28-32-40)64-59(63-57)41-33-52(65-46-17-5-1-13-42(46)43-14-2-6-18-47(43)65)56(67-50-21-9-11-23-54(50)68-55-24-12-10-22-51(55)67)53(34-41)66-48-19-7-3-15-44(48)45-16-4-8-20-49(45)66/h1-34H. The Kier molecular flexibility index (Phi) is 9.04. The molecule has 1 aliphatic rings. The number of rotatable bonds is 6. The Labute approximate surface area is 394 Å². The van der Waals surface area contributed by atoms with Gasteiger partial charge in [0, 0.05) is 48.0 Å². The summed E-state index contributed by atoms with van der Waals surface area (Å²) in [6, 6.07) is 75.4. The number of nitriles is 2. The van der Waals surface area contributed by atoms with E-state index in [9.17, 15) is 10.5 Å². The van der Waals surface area contributed by atoms with Crippen LogP contribution in [0.1, 0.15) is 11.1 Å². The molecule has 4 heterocycles. The largest absolute Gasteiger partial charge is 0.307 e. The number of benzene rings is 9. The van der Waals surface area contributed by atoms with Crippen molar-refractivity contribution >= 4 is 72.4 Å². The van der Waals surface area contributed by atoms with Crippen molar-refractivity contribution in [3.8, 4) is 57.7 Å². The van der Waals surface area contributed by atoms with E-state index in [1.165, 1.54) is 0 Å². The van der Waals surface area contributed by atoms with Crippen LogP contribution in [0.2, 0.25) is 0 Å². The summed E-state index contributed by atoms with van der Waals surface area (Å²) in [6.45, 7) is 0. The second kappa shape index (κ2) is 15.7. The van der Waals surface area contributed by atoms with Gasteiger partial charge in [0.15, 0.2) is 17.5 Å². The summed E-state index contributed by atoms with van der Waals surface area (Å²) in [5.74, 6) is 1.37. The summed E-state index contributed by atoms with van der Waals surface area (Å²) in [5, 5.41) is 24.0. The molecule has 0 unspecified atom stereocenters. The molecule has 13 rings (SSSR count). The van der Waals surface area contributed by atoms with Crippen LogP contribution in [-0.4, -0.2) is 24.1 Å². The highest BCUT2D eigenvalue weighted by Gasteiger charge is 2.32. The van der Waals surface area contributed by atoms with Crippen LogP contribution in [0, 0.1) is 22.7 Å². The zero-order valence-electron chi connectivity index (χ0n) is 36.1. The quantitative estimate of drug-likeness (QED) is 0.164. The lowest BCUT2D eigenvalue weighted by Gasteiger charge is -2.36. The molecule has 9 heteroatoms. The van der Waals surface area contributed by atoms with Crippen molar-refractivity contribution in [2.45, 2.75) is 9.79 Å². The van der Waals surface area contributed by atoms with Gasteiger partial charge in [0.1, 0.15) is 0 Å². The molecule has 0 amide bonds. The van der Waals surface area contributed by atoms with Gasteiger partial charge < -0.3 is 14.0 Å². The van der Waals surface area contributed by atoms with E-state index in [0.717, 1.165) is 98.5 Å². The molecule has 0 fully saturated rings. The van der Waals surface area contributed by atoms with Crippen molar-refractivity contribution in [1.82, 2.24) is 24.1 Å². The van der Waals surface area contributed by atoms with Gasteiger partial charge in [-0.25, -0.2) is 15.0 Å². The maximum absolute atomic E-state index is 9.70. The van der Waals surface area contributed by atoms with E-state index in [1.54, 1.807) is 36.0 Å². The number of hydrogen-bond acceptors (Lipinski definition) is 7. The smallest absolute Gasteiger partial charge is 0.164 e. The van der Waals surface area contributed by atoms with Gasteiger partial charge in [-0.2, -0.15) is 10.5 Å². The molecular weight excluding hydrogens is 853 g/mol. The third kappa shape index (κ3) is 6.19. The van der Waals surface area contributed by atoms with E-state index in [0.29, 0.717) is 28.6 Å². The van der Waals surface area contributed by atoms with E-state index in [1.807, 2.05) is 24.3 Å². The second-order valence-corrected chi connectivity index (χ2v) is 17.7. The number of anilines is 3. The molecule has 12 aromatic rings. The van der Waals surface area contributed by atoms with Gasteiger partial charge in [0.2, 0.25) is 0 Å². The molecule has 0 bridgehead atoms. The molecule has 8 nitrogen and oxygen atoms in total. The van der Waals surface area contributed by atoms with Crippen LogP contribution < -0.4 is 4.90 Å². The molecule has 316 valence electrons. The summed E-state index contributed by atoms with van der Waals surface area (Å²) in [6.07, 6.45) is 0. The fourth-order valence-electron chi connectivity index (χ4n) is 9.76. The van der Waals surface area contributed by atoms with Gasteiger partial charge in [-0.15, -0.1) is 0 Å². The van der Waals surface area contributed by atoms with Crippen molar-refractivity contribution in [2.75, 3.05) is 4.90 Å². The third-order valence-electron chi connectivity index (χ3n) is 12.8. The molecule has 0 saturated heterocycles. The van der Waals surface area contributed by atoms with Crippen molar-refractivity contribution in [3.05, 3.63) is 217 Å². The maximum Gasteiger partial charge on any atom is 0.164 e. The molecule has 68 heavy (non-hydrogen) atoms. The van der Waals surface area contributed by atoms with Crippen molar-refractivity contribution in [3.63, 3.8) is 0 Å². The Bertz CT molecular complexity index is 3740. The molecule has 0 N–H and O–H groups in total. The predicted molar refractivity (Wildman–Crippen MR) is 273 cm³/mol. The van der Waals surface area contributed by atoms with E-state index >= 15 is 0 Å². The van der Waals surface area contributed by atoms with Gasteiger partial charge in [-0.1, -0.05) is 109 Å². The van der Waals surface area contributed by atoms with Crippen LogP contribution in [0.25, 0.3) is 89.2 Å². The number of hydrogen-bond donors (Lipinski definition) is 0. The molecule has 0 saturated carbocycles. The SMILES string of the molecule is N#Cc1ccc(-c2nc(-c3ccc(C#N)cc3)nc(-c3cc(-n4c5ccccc5c5ccccc54)c(N4c5ccccc5Sc5ccccc54)c(-n4c5ccccc5c5ccccc54)c3)n2)cc1. The first kappa shape index (κ1) is 39.1. The minimum Gasteiger partial charge on any atom is -0.307 e. The lowest BCUT2D eigenvalue weighted by molar-refractivity contribution is 1.06. The van der Waals surface area contributed by atoms with E-state index in [-0.39, 0.29) is 0 Å². The Morgan fingerprint density at radius 2 is 0.691 bits per heavy atom. The topological polar surface area (TPSA) is 99.3 Å². The van der Waals surface area contributed by atoms with Crippen molar-refractivity contribution < 1.29 is 0 Å². The lowest BCUT2D eigenvalue weighted by Crippen LogP contribution is -2.19. The Morgan fingerprint density at radius 3 is 1.07 bits per heavy atom. The van der Waals surface area contributed by atoms with Gasteiger partial charge in [-0.05, 0) is 109 Å². The predicted octanol–water partition coefficient (Wildman–Crippen LogP) is 14.7. The van der Waals surface area contributed by atoms with Crippen molar-refractivity contribution in [1.29, 1.82) is 10.5 Å². The maximum atomic E-state index is 9.70. The highest BCUT2D eigenvalue weighted by atomic mass is 32.2. The summed E-state index contributed by atoms with van der Waals surface area (Å²) in [7, 11) is 0. The van der Waals surface area contributed by atoms with Crippen LogP contribution in [0.5, 0.6) is 0 Å².